The molecule has 1 aromatic rings. The largest absolute Gasteiger partial charge is 0.385 e. The molecule has 0 saturated heterocycles. The van der Waals surface area contributed by atoms with Gasteiger partial charge in [-0.05, 0) is 30.5 Å². The van der Waals surface area contributed by atoms with E-state index in [1.54, 1.807) is 7.11 Å². The first-order chi connectivity index (χ1) is 9.27. The van der Waals surface area contributed by atoms with Crippen LogP contribution in [0.4, 0.5) is 0 Å². The normalized spacial score (nSPS) is 21.1. The maximum absolute atomic E-state index is 5.24. The van der Waals surface area contributed by atoms with Gasteiger partial charge in [-0.2, -0.15) is 0 Å². The summed E-state index contributed by atoms with van der Waals surface area (Å²) in [5, 5.41) is 3.71. The van der Waals surface area contributed by atoms with Crippen LogP contribution < -0.4 is 5.32 Å². The third-order valence-corrected chi connectivity index (χ3v) is 5.21. The number of nitrogens with one attached hydrogen (secondary N) is 1. The lowest BCUT2D eigenvalue weighted by Gasteiger charge is -2.30. The van der Waals surface area contributed by atoms with Crippen LogP contribution in [0.15, 0.2) is 29.2 Å². The second kappa shape index (κ2) is 7.32. The predicted molar refractivity (Wildman–Crippen MR) is 83.0 cm³/mol. The molecule has 0 bridgehead atoms. The van der Waals surface area contributed by atoms with E-state index in [-0.39, 0.29) is 0 Å². The molecule has 2 nitrogen and oxygen atoms in total. The topological polar surface area (TPSA) is 21.3 Å². The summed E-state index contributed by atoms with van der Waals surface area (Å²) in [4.78, 5) is 1.47. The number of hydrogen-bond acceptors (Lipinski definition) is 3. The summed E-state index contributed by atoms with van der Waals surface area (Å²) < 4.78 is 5.24. The lowest BCUT2D eigenvalue weighted by Crippen LogP contribution is -2.40. The molecular formula is C16H25NOS. The van der Waals surface area contributed by atoms with Crippen molar-refractivity contribution in [1.82, 2.24) is 5.32 Å². The SMILES string of the molecule is CCNC(C(C)CCOC)C1CSc2ccccc21. The van der Waals surface area contributed by atoms with Crippen LogP contribution in [-0.2, 0) is 4.74 Å². The number of thioether (sulfide) groups is 1. The first-order valence-electron chi connectivity index (χ1n) is 7.22. The van der Waals surface area contributed by atoms with Crippen LogP contribution in [-0.4, -0.2) is 32.1 Å². The van der Waals surface area contributed by atoms with Crippen molar-refractivity contribution in [2.24, 2.45) is 5.92 Å². The Morgan fingerprint density at radius 2 is 2.21 bits per heavy atom. The first kappa shape index (κ1) is 14.9. The van der Waals surface area contributed by atoms with Gasteiger partial charge in [-0.25, -0.2) is 0 Å². The number of rotatable bonds is 7. The molecule has 19 heavy (non-hydrogen) atoms. The van der Waals surface area contributed by atoms with Crippen molar-refractivity contribution in [2.45, 2.75) is 37.1 Å². The number of benzene rings is 1. The highest BCUT2D eigenvalue weighted by molar-refractivity contribution is 7.99. The maximum Gasteiger partial charge on any atom is 0.0465 e. The van der Waals surface area contributed by atoms with Crippen LogP contribution in [0.25, 0.3) is 0 Å². The number of ether oxygens (including phenoxy) is 1. The molecule has 3 unspecified atom stereocenters. The van der Waals surface area contributed by atoms with Gasteiger partial charge in [0.05, 0.1) is 0 Å². The fraction of sp³-hybridized carbons (Fsp3) is 0.625. The van der Waals surface area contributed by atoms with Crippen molar-refractivity contribution in [1.29, 1.82) is 0 Å². The van der Waals surface area contributed by atoms with E-state index in [1.165, 1.54) is 16.2 Å². The van der Waals surface area contributed by atoms with Gasteiger partial charge in [0.25, 0.3) is 0 Å². The fourth-order valence-corrected chi connectivity index (χ4v) is 4.25. The van der Waals surface area contributed by atoms with Crippen LogP contribution in [0, 0.1) is 5.92 Å². The molecular weight excluding hydrogens is 254 g/mol. The Bertz CT molecular complexity index is 396. The van der Waals surface area contributed by atoms with Gasteiger partial charge in [0.2, 0.25) is 0 Å². The van der Waals surface area contributed by atoms with E-state index in [1.807, 2.05) is 11.8 Å². The highest BCUT2D eigenvalue weighted by atomic mass is 32.2. The molecule has 0 radical (unpaired) electrons. The molecule has 1 aliphatic rings. The summed E-state index contributed by atoms with van der Waals surface area (Å²) in [6.45, 7) is 6.43. The molecule has 0 spiro atoms. The van der Waals surface area contributed by atoms with Gasteiger partial charge in [0.1, 0.15) is 0 Å². The zero-order valence-corrected chi connectivity index (χ0v) is 13.0. The van der Waals surface area contributed by atoms with E-state index >= 15 is 0 Å². The number of fused-ring (bicyclic) bond motifs is 1. The van der Waals surface area contributed by atoms with E-state index in [0.717, 1.165) is 19.6 Å². The highest BCUT2D eigenvalue weighted by Crippen LogP contribution is 2.42. The van der Waals surface area contributed by atoms with Crippen LogP contribution in [0.2, 0.25) is 0 Å². The summed E-state index contributed by atoms with van der Waals surface area (Å²) in [6, 6.07) is 9.41. The van der Waals surface area contributed by atoms with Crippen molar-refractivity contribution in [2.75, 3.05) is 26.0 Å². The minimum atomic E-state index is 0.552. The van der Waals surface area contributed by atoms with E-state index < -0.39 is 0 Å². The lowest BCUT2D eigenvalue weighted by atomic mass is 9.84. The van der Waals surface area contributed by atoms with Gasteiger partial charge in [-0.15, -0.1) is 11.8 Å². The third kappa shape index (κ3) is 3.53. The Labute approximate surface area is 121 Å². The Morgan fingerprint density at radius 3 is 2.95 bits per heavy atom. The van der Waals surface area contributed by atoms with Crippen LogP contribution in [0.1, 0.15) is 31.7 Å². The second-order valence-corrected chi connectivity index (χ2v) is 6.36. The molecule has 3 atom stereocenters. The lowest BCUT2D eigenvalue weighted by molar-refractivity contribution is 0.167. The average molecular weight is 279 g/mol. The minimum Gasteiger partial charge on any atom is -0.385 e. The predicted octanol–water partition coefficient (Wildman–Crippen LogP) is 3.53. The van der Waals surface area contributed by atoms with Crippen molar-refractivity contribution in [3.05, 3.63) is 29.8 Å². The van der Waals surface area contributed by atoms with Crippen molar-refractivity contribution < 1.29 is 4.74 Å². The molecule has 1 N–H and O–H groups in total. The van der Waals surface area contributed by atoms with Gasteiger partial charge in [0.15, 0.2) is 0 Å². The van der Waals surface area contributed by atoms with Crippen molar-refractivity contribution >= 4 is 11.8 Å². The van der Waals surface area contributed by atoms with Gasteiger partial charge in [-0.1, -0.05) is 32.0 Å². The molecule has 1 aromatic carbocycles. The molecule has 0 saturated carbocycles. The molecule has 3 heteroatoms. The summed E-state index contributed by atoms with van der Waals surface area (Å²) in [5.41, 5.74) is 1.53. The van der Waals surface area contributed by atoms with Gasteiger partial charge < -0.3 is 10.1 Å². The fourth-order valence-electron chi connectivity index (χ4n) is 2.94. The van der Waals surface area contributed by atoms with Crippen LogP contribution in [0.3, 0.4) is 0 Å². The molecule has 106 valence electrons. The summed E-state index contributed by atoms with van der Waals surface area (Å²) >= 11 is 2.00. The third-order valence-electron chi connectivity index (χ3n) is 4.00. The van der Waals surface area contributed by atoms with E-state index in [0.29, 0.717) is 17.9 Å². The van der Waals surface area contributed by atoms with E-state index in [4.69, 9.17) is 4.74 Å². The van der Waals surface area contributed by atoms with Gasteiger partial charge >= 0.3 is 0 Å². The zero-order chi connectivity index (χ0) is 13.7. The van der Waals surface area contributed by atoms with Gasteiger partial charge in [0, 0.05) is 36.3 Å². The molecule has 1 heterocycles. The first-order valence-corrected chi connectivity index (χ1v) is 8.20. The molecule has 0 aliphatic carbocycles. The highest BCUT2D eigenvalue weighted by Gasteiger charge is 2.32. The Morgan fingerprint density at radius 1 is 1.42 bits per heavy atom. The second-order valence-electron chi connectivity index (χ2n) is 5.30. The number of methoxy groups -OCH3 is 1. The smallest absolute Gasteiger partial charge is 0.0465 e. The molecule has 1 aliphatic heterocycles. The summed E-state index contributed by atoms with van der Waals surface area (Å²) in [5.74, 6) is 2.47. The standard InChI is InChI=1S/C16H25NOS/c1-4-17-16(12(2)9-10-18-3)14-11-19-15-8-6-5-7-13(14)15/h5-8,12,14,16-17H,4,9-11H2,1-3H3. The number of likely N-dealkylation sites (N-methyl/N-ethyl adjacent to an activating group) is 1. The molecule has 2 rings (SSSR count). The Hall–Kier alpha value is -0.510. The summed E-state index contributed by atoms with van der Waals surface area (Å²) in [7, 11) is 1.79. The van der Waals surface area contributed by atoms with E-state index in [2.05, 4.69) is 43.4 Å². The quantitative estimate of drug-likeness (QED) is 0.825. The Balaban J connectivity index is 2.11. The molecule has 0 fully saturated rings. The summed E-state index contributed by atoms with van der Waals surface area (Å²) in [6.07, 6.45) is 1.12. The monoisotopic (exact) mass is 279 g/mol. The molecule has 0 aromatic heterocycles. The minimum absolute atomic E-state index is 0.552. The van der Waals surface area contributed by atoms with Gasteiger partial charge in [-0.3, -0.25) is 0 Å². The molecule has 0 amide bonds. The van der Waals surface area contributed by atoms with Crippen molar-refractivity contribution in [3.63, 3.8) is 0 Å². The maximum atomic E-state index is 5.24. The zero-order valence-electron chi connectivity index (χ0n) is 12.2. The average Bonchev–Trinajstić information content (AvgIpc) is 2.86. The van der Waals surface area contributed by atoms with Crippen LogP contribution in [0.5, 0.6) is 0 Å². The van der Waals surface area contributed by atoms with E-state index in [9.17, 15) is 0 Å². The van der Waals surface area contributed by atoms with Crippen molar-refractivity contribution in [3.8, 4) is 0 Å². The number of hydrogen-bond donors (Lipinski definition) is 1. The van der Waals surface area contributed by atoms with Crippen LogP contribution >= 0.6 is 11.8 Å². The Kier molecular flexibility index (Phi) is 5.74.